The average molecular weight is 528 g/mol. The molecule has 2 rings (SSSR count). The zero-order chi connectivity index (χ0) is 27.8. The number of aryl methyl sites for hydroxylation is 1. The summed E-state index contributed by atoms with van der Waals surface area (Å²) in [4.78, 5) is 42.0. The SMILES string of the molecule is CCC(C)(C)N(C(=O)C(CS)NC(=O)OC(C)(C)C)C(C(=O)NCc1ccccc1)c1cccc(C)c1. The van der Waals surface area contributed by atoms with Gasteiger partial charge in [0, 0.05) is 17.8 Å². The van der Waals surface area contributed by atoms with Crippen LogP contribution in [0.1, 0.15) is 70.7 Å². The van der Waals surface area contributed by atoms with Crippen LogP contribution in [0.15, 0.2) is 54.6 Å². The Morgan fingerprint density at radius 2 is 1.65 bits per heavy atom. The molecule has 2 aromatic carbocycles. The lowest BCUT2D eigenvalue weighted by Gasteiger charge is -2.44. The van der Waals surface area contributed by atoms with Crippen molar-refractivity contribution in [3.8, 4) is 0 Å². The number of hydrogen-bond acceptors (Lipinski definition) is 5. The van der Waals surface area contributed by atoms with E-state index in [1.807, 2.05) is 82.3 Å². The minimum Gasteiger partial charge on any atom is -0.444 e. The monoisotopic (exact) mass is 527 g/mol. The van der Waals surface area contributed by atoms with Gasteiger partial charge in [0.2, 0.25) is 11.8 Å². The predicted octanol–water partition coefficient (Wildman–Crippen LogP) is 5.19. The van der Waals surface area contributed by atoms with E-state index in [-0.39, 0.29) is 11.7 Å². The molecule has 202 valence electrons. The second-order valence-electron chi connectivity index (χ2n) is 10.8. The molecule has 0 heterocycles. The van der Waals surface area contributed by atoms with Crippen molar-refractivity contribution < 1.29 is 19.1 Å². The van der Waals surface area contributed by atoms with Crippen LogP contribution in [0.4, 0.5) is 4.79 Å². The molecule has 0 bridgehead atoms. The van der Waals surface area contributed by atoms with Crippen molar-refractivity contribution in [1.29, 1.82) is 0 Å². The molecule has 2 N–H and O–H groups in total. The van der Waals surface area contributed by atoms with Crippen molar-refractivity contribution in [2.45, 2.75) is 84.7 Å². The van der Waals surface area contributed by atoms with Crippen LogP contribution in [0.5, 0.6) is 0 Å². The molecule has 0 aliphatic carbocycles. The van der Waals surface area contributed by atoms with Gasteiger partial charge in [-0.3, -0.25) is 9.59 Å². The predicted molar refractivity (Wildman–Crippen MR) is 150 cm³/mol. The molecule has 2 aromatic rings. The Balaban J connectivity index is 2.50. The maximum Gasteiger partial charge on any atom is 0.408 e. The van der Waals surface area contributed by atoms with Gasteiger partial charge in [-0.1, -0.05) is 67.1 Å². The molecule has 0 aliphatic rings. The molecule has 0 spiro atoms. The topological polar surface area (TPSA) is 87.7 Å². The van der Waals surface area contributed by atoms with Gasteiger partial charge in [0.15, 0.2) is 0 Å². The maximum atomic E-state index is 14.1. The Morgan fingerprint density at radius 1 is 1.00 bits per heavy atom. The maximum absolute atomic E-state index is 14.1. The smallest absolute Gasteiger partial charge is 0.408 e. The third kappa shape index (κ3) is 8.81. The number of ether oxygens (including phenoxy) is 1. The first-order valence-electron chi connectivity index (χ1n) is 12.6. The summed E-state index contributed by atoms with van der Waals surface area (Å²) in [7, 11) is 0. The third-order valence-corrected chi connectivity index (χ3v) is 6.47. The van der Waals surface area contributed by atoms with Crippen LogP contribution in [-0.4, -0.2) is 45.7 Å². The molecule has 37 heavy (non-hydrogen) atoms. The van der Waals surface area contributed by atoms with E-state index in [4.69, 9.17) is 4.74 Å². The van der Waals surface area contributed by atoms with E-state index in [9.17, 15) is 14.4 Å². The highest BCUT2D eigenvalue weighted by Crippen LogP contribution is 2.32. The Hall–Kier alpha value is -3.00. The van der Waals surface area contributed by atoms with Gasteiger partial charge in [-0.2, -0.15) is 12.6 Å². The van der Waals surface area contributed by atoms with Gasteiger partial charge < -0.3 is 20.3 Å². The number of benzene rings is 2. The Bertz CT molecular complexity index is 1070. The summed E-state index contributed by atoms with van der Waals surface area (Å²) in [6, 6.07) is 15.3. The summed E-state index contributed by atoms with van der Waals surface area (Å²) >= 11 is 4.36. The largest absolute Gasteiger partial charge is 0.444 e. The van der Waals surface area contributed by atoms with Crippen molar-refractivity contribution in [3.05, 3.63) is 71.3 Å². The van der Waals surface area contributed by atoms with E-state index in [1.165, 1.54) is 0 Å². The van der Waals surface area contributed by atoms with E-state index >= 15 is 0 Å². The Kier molecular flexibility index (Phi) is 10.6. The lowest BCUT2D eigenvalue weighted by molar-refractivity contribution is -0.149. The van der Waals surface area contributed by atoms with Crippen molar-refractivity contribution in [2.24, 2.45) is 0 Å². The van der Waals surface area contributed by atoms with Crippen LogP contribution in [0, 0.1) is 6.92 Å². The van der Waals surface area contributed by atoms with E-state index in [0.29, 0.717) is 18.5 Å². The quantitative estimate of drug-likeness (QED) is 0.371. The summed E-state index contributed by atoms with van der Waals surface area (Å²) in [5, 5.41) is 5.67. The number of hydrogen-bond donors (Lipinski definition) is 3. The Morgan fingerprint density at radius 3 is 2.19 bits per heavy atom. The zero-order valence-electron chi connectivity index (χ0n) is 23.0. The second-order valence-corrected chi connectivity index (χ2v) is 11.1. The van der Waals surface area contributed by atoms with Gasteiger partial charge in [0.05, 0.1) is 0 Å². The fourth-order valence-corrected chi connectivity index (χ4v) is 4.14. The van der Waals surface area contributed by atoms with Crippen molar-refractivity contribution in [2.75, 3.05) is 5.75 Å². The van der Waals surface area contributed by atoms with E-state index in [2.05, 4.69) is 23.3 Å². The summed E-state index contributed by atoms with van der Waals surface area (Å²) in [6.45, 7) is 13.3. The number of thiol groups is 1. The van der Waals surface area contributed by atoms with Gasteiger partial charge in [-0.05, 0) is 59.1 Å². The van der Waals surface area contributed by atoms with Gasteiger partial charge in [0.1, 0.15) is 17.7 Å². The molecule has 0 saturated carbocycles. The Labute approximate surface area is 226 Å². The average Bonchev–Trinajstić information content (AvgIpc) is 2.83. The number of nitrogens with one attached hydrogen (secondary N) is 2. The standard InChI is InChI=1S/C29H41N3O4S/c1-8-29(6,7)32(26(34)23(19-37)31-27(35)36-28(3,4)5)24(22-16-12-13-20(2)17-22)25(33)30-18-21-14-10-9-11-15-21/h9-17,23-24,37H,8,18-19H2,1-7H3,(H,30,33)(H,31,35). The molecule has 0 saturated heterocycles. The first-order chi connectivity index (χ1) is 17.3. The fourth-order valence-electron chi connectivity index (χ4n) is 3.89. The fraction of sp³-hybridized carbons (Fsp3) is 0.483. The van der Waals surface area contributed by atoms with Gasteiger partial charge in [-0.15, -0.1) is 0 Å². The zero-order valence-corrected chi connectivity index (χ0v) is 23.9. The van der Waals surface area contributed by atoms with E-state index in [0.717, 1.165) is 11.1 Å². The minimum absolute atomic E-state index is 0.0422. The molecule has 8 heteroatoms. The lowest BCUT2D eigenvalue weighted by atomic mass is 9.91. The highest BCUT2D eigenvalue weighted by molar-refractivity contribution is 7.80. The van der Waals surface area contributed by atoms with Crippen LogP contribution >= 0.6 is 12.6 Å². The molecular formula is C29H41N3O4S. The second kappa shape index (κ2) is 13.0. The first-order valence-corrected chi connectivity index (χ1v) is 13.2. The molecule has 2 unspecified atom stereocenters. The molecule has 0 aromatic heterocycles. The highest BCUT2D eigenvalue weighted by atomic mass is 32.1. The van der Waals surface area contributed by atoms with Crippen molar-refractivity contribution >= 4 is 30.5 Å². The van der Waals surface area contributed by atoms with Gasteiger partial charge >= 0.3 is 6.09 Å². The van der Waals surface area contributed by atoms with E-state index in [1.54, 1.807) is 25.7 Å². The number of carbonyl (C=O) groups is 3. The van der Waals surface area contributed by atoms with Crippen LogP contribution in [0.3, 0.4) is 0 Å². The number of rotatable bonds is 10. The van der Waals surface area contributed by atoms with Crippen LogP contribution in [0.2, 0.25) is 0 Å². The first kappa shape index (κ1) is 30.2. The summed E-state index contributed by atoms with van der Waals surface area (Å²) in [5.74, 6) is -0.672. The lowest BCUT2D eigenvalue weighted by Crippen LogP contribution is -2.59. The molecule has 0 aliphatic heterocycles. The number of alkyl carbamates (subject to hydrolysis) is 1. The molecule has 3 amide bonds. The number of nitrogens with zero attached hydrogens (tertiary/aromatic N) is 1. The number of amides is 3. The van der Waals surface area contributed by atoms with Gasteiger partial charge in [-0.25, -0.2) is 4.79 Å². The van der Waals surface area contributed by atoms with Crippen LogP contribution < -0.4 is 10.6 Å². The highest BCUT2D eigenvalue weighted by Gasteiger charge is 2.42. The molecular weight excluding hydrogens is 486 g/mol. The molecule has 7 nitrogen and oxygen atoms in total. The summed E-state index contributed by atoms with van der Waals surface area (Å²) in [5.41, 5.74) is 1.17. The summed E-state index contributed by atoms with van der Waals surface area (Å²) < 4.78 is 5.37. The third-order valence-electron chi connectivity index (χ3n) is 6.10. The molecule has 0 radical (unpaired) electrons. The van der Waals surface area contributed by atoms with Crippen molar-refractivity contribution in [1.82, 2.24) is 15.5 Å². The minimum atomic E-state index is -0.988. The van der Waals surface area contributed by atoms with Crippen LogP contribution in [-0.2, 0) is 20.9 Å². The number of carbonyl (C=O) groups excluding carboxylic acids is 3. The summed E-state index contributed by atoms with van der Waals surface area (Å²) in [6.07, 6.45) is -0.131. The molecule has 2 atom stereocenters. The van der Waals surface area contributed by atoms with Crippen LogP contribution in [0.25, 0.3) is 0 Å². The van der Waals surface area contributed by atoms with Gasteiger partial charge in [0.25, 0.3) is 0 Å². The van der Waals surface area contributed by atoms with Crippen molar-refractivity contribution in [3.63, 3.8) is 0 Å². The van der Waals surface area contributed by atoms with E-state index < -0.39 is 35.2 Å². The molecule has 0 fully saturated rings. The normalized spacial score (nSPS) is 13.3.